The van der Waals surface area contributed by atoms with Gasteiger partial charge in [0.05, 0.1) is 15.7 Å². The van der Waals surface area contributed by atoms with E-state index in [1.807, 2.05) is 0 Å². The Morgan fingerprint density at radius 2 is 1.79 bits per heavy atom. The van der Waals surface area contributed by atoms with E-state index in [0.717, 1.165) is 10.7 Å². The topological polar surface area (TPSA) is 90.1 Å². The van der Waals surface area contributed by atoms with Crippen LogP contribution in [0.15, 0.2) is 61.9 Å². The van der Waals surface area contributed by atoms with Crippen molar-refractivity contribution in [1.82, 2.24) is 4.98 Å². The van der Waals surface area contributed by atoms with Crippen LogP contribution in [0.4, 0.5) is 0 Å². The molecule has 1 unspecified atom stereocenters. The van der Waals surface area contributed by atoms with Crippen molar-refractivity contribution in [3.05, 3.63) is 47.2 Å². The Balaban J connectivity index is 2.54. The van der Waals surface area contributed by atoms with Gasteiger partial charge < -0.3 is 0 Å². The van der Waals surface area contributed by atoms with Crippen LogP contribution in [0.1, 0.15) is 0 Å². The molecule has 0 bridgehead atoms. The summed E-state index contributed by atoms with van der Waals surface area (Å²) in [4.78, 5) is 4.09. The normalized spacial score (nSPS) is 13.2. The Hall–Kier alpha value is -1.09. The average molecular weight is 361 g/mol. The van der Waals surface area contributed by atoms with Gasteiger partial charge in [0.1, 0.15) is 4.90 Å². The summed E-state index contributed by atoms with van der Waals surface area (Å²) < 4.78 is 36.1. The van der Waals surface area contributed by atoms with Crippen LogP contribution in [0.2, 0.25) is 0 Å². The maximum Gasteiger partial charge on any atom is 0.240 e. The van der Waals surface area contributed by atoms with Crippen LogP contribution in [0, 0.1) is 0 Å². The Morgan fingerprint density at radius 1 is 1.16 bits per heavy atom. The van der Waals surface area contributed by atoms with Crippen LogP contribution < -0.4 is 5.14 Å². The fraction of sp³-hybridized carbons (Fsp3) is 0. The number of pyridine rings is 1. The highest BCUT2D eigenvalue weighted by Crippen LogP contribution is 2.23. The highest BCUT2D eigenvalue weighted by Gasteiger charge is 2.19. The van der Waals surface area contributed by atoms with E-state index in [0.29, 0.717) is 4.90 Å². The quantitative estimate of drug-likeness (QED) is 0.900. The van der Waals surface area contributed by atoms with Gasteiger partial charge in [-0.2, -0.15) is 0 Å². The molecule has 0 aliphatic heterocycles. The predicted molar refractivity (Wildman–Crippen MR) is 74.4 cm³/mol. The molecule has 2 aromatic rings. The summed E-state index contributed by atoms with van der Waals surface area (Å²) >= 11 is 3.27. The lowest BCUT2D eigenvalue weighted by Crippen LogP contribution is -2.15. The Kier molecular flexibility index (Phi) is 4.14. The van der Waals surface area contributed by atoms with Crippen molar-refractivity contribution in [2.75, 3.05) is 0 Å². The Bertz CT molecular complexity index is 730. The van der Waals surface area contributed by atoms with E-state index in [9.17, 15) is 12.6 Å². The van der Waals surface area contributed by atoms with Crippen molar-refractivity contribution in [2.24, 2.45) is 5.14 Å². The number of primary sulfonamides is 1. The molecule has 19 heavy (non-hydrogen) atoms. The van der Waals surface area contributed by atoms with Crippen LogP contribution in [0.25, 0.3) is 0 Å². The first-order valence-electron chi connectivity index (χ1n) is 5.04. The third kappa shape index (κ3) is 3.27. The number of rotatable bonds is 3. The van der Waals surface area contributed by atoms with E-state index in [4.69, 9.17) is 5.14 Å². The van der Waals surface area contributed by atoms with Crippen molar-refractivity contribution in [1.29, 1.82) is 0 Å². The summed E-state index contributed by atoms with van der Waals surface area (Å²) in [6.07, 6.45) is 2.47. The van der Waals surface area contributed by atoms with Crippen molar-refractivity contribution in [3.8, 4) is 0 Å². The first kappa shape index (κ1) is 14.3. The van der Waals surface area contributed by atoms with E-state index >= 15 is 0 Å². The molecule has 0 saturated carbocycles. The molecule has 1 aromatic heterocycles. The van der Waals surface area contributed by atoms with E-state index in [1.165, 1.54) is 12.3 Å². The second-order valence-electron chi connectivity index (χ2n) is 3.59. The van der Waals surface area contributed by atoms with Crippen LogP contribution in [-0.4, -0.2) is 17.6 Å². The zero-order chi connectivity index (χ0) is 14.0. The number of halogens is 1. The lowest BCUT2D eigenvalue weighted by molar-refractivity contribution is 0.594. The summed E-state index contributed by atoms with van der Waals surface area (Å²) in [5, 5.41) is 5.09. The lowest BCUT2D eigenvalue weighted by Gasteiger charge is -2.07. The average Bonchev–Trinajstić information content (AvgIpc) is 2.38. The van der Waals surface area contributed by atoms with Gasteiger partial charge in [-0.05, 0) is 30.3 Å². The molecule has 2 rings (SSSR count). The number of hydrogen-bond acceptors (Lipinski definition) is 4. The molecule has 0 radical (unpaired) electrons. The number of nitrogens with two attached hydrogens (primary N) is 1. The molecule has 2 N–H and O–H groups in total. The molecule has 1 atom stereocenters. The van der Waals surface area contributed by atoms with Crippen molar-refractivity contribution >= 4 is 36.8 Å². The standard InChI is InChI=1S/C11H9BrN2O3S2/c12-8-1-3-9(4-2-8)18(15)10-5-6-14-7-11(10)19(13,16)17/h1-7H,(H2,13,16,17). The minimum atomic E-state index is -3.96. The molecule has 0 aliphatic rings. The molecule has 0 amide bonds. The van der Waals surface area contributed by atoms with E-state index in [1.54, 1.807) is 24.3 Å². The fourth-order valence-electron chi connectivity index (χ4n) is 1.42. The van der Waals surface area contributed by atoms with Gasteiger partial charge in [0.25, 0.3) is 0 Å². The maximum absolute atomic E-state index is 12.4. The second-order valence-corrected chi connectivity index (χ2v) is 7.48. The van der Waals surface area contributed by atoms with Crippen LogP contribution in [0.3, 0.4) is 0 Å². The first-order chi connectivity index (χ1) is 8.89. The van der Waals surface area contributed by atoms with Gasteiger partial charge in [0.15, 0.2) is 0 Å². The van der Waals surface area contributed by atoms with E-state index in [2.05, 4.69) is 20.9 Å². The SMILES string of the molecule is NS(=O)(=O)c1cnccc1S(=O)c1ccc(Br)cc1. The minimum Gasteiger partial charge on any atom is -0.263 e. The summed E-state index contributed by atoms with van der Waals surface area (Å²) in [6, 6.07) is 8.13. The van der Waals surface area contributed by atoms with Crippen molar-refractivity contribution in [2.45, 2.75) is 14.7 Å². The van der Waals surface area contributed by atoms with Gasteiger partial charge in [0.2, 0.25) is 10.0 Å². The van der Waals surface area contributed by atoms with Crippen LogP contribution in [0.5, 0.6) is 0 Å². The van der Waals surface area contributed by atoms with Crippen LogP contribution >= 0.6 is 15.9 Å². The van der Waals surface area contributed by atoms with Crippen molar-refractivity contribution < 1.29 is 12.6 Å². The number of hydrogen-bond donors (Lipinski definition) is 1. The number of nitrogens with zero attached hydrogens (tertiary/aromatic N) is 1. The van der Waals surface area contributed by atoms with E-state index in [-0.39, 0.29) is 9.79 Å². The highest BCUT2D eigenvalue weighted by molar-refractivity contribution is 9.10. The Labute approximate surface area is 121 Å². The maximum atomic E-state index is 12.4. The molecule has 100 valence electrons. The summed E-state index contributed by atoms with van der Waals surface area (Å²) in [5.74, 6) is 0. The van der Waals surface area contributed by atoms with Gasteiger partial charge in [-0.3, -0.25) is 4.98 Å². The molecule has 1 heterocycles. The highest BCUT2D eigenvalue weighted by atomic mass is 79.9. The minimum absolute atomic E-state index is 0.125. The zero-order valence-corrected chi connectivity index (χ0v) is 12.7. The van der Waals surface area contributed by atoms with Crippen molar-refractivity contribution in [3.63, 3.8) is 0 Å². The third-order valence-electron chi connectivity index (χ3n) is 2.28. The number of sulfonamides is 1. The van der Waals surface area contributed by atoms with Gasteiger partial charge >= 0.3 is 0 Å². The third-order valence-corrected chi connectivity index (χ3v) is 5.33. The molecule has 0 saturated heterocycles. The molecule has 0 aliphatic carbocycles. The summed E-state index contributed by atoms with van der Waals surface area (Å²) in [7, 11) is -5.59. The van der Waals surface area contributed by atoms with Gasteiger partial charge in [-0.1, -0.05) is 15.9 Å². The van der Waals surface area contributed by atoms with Gasteiger partial charge in [-0.15, -0.1) is 0 Å². The second kappa shape index (κ2) is 5.49. The fourth-order valence-corrected chi connectivity index (χ4v) is 3.87. The molecular weight excluding hydrogens is 352 g/mol. The van der Waals surface area contributed by atoms with Gasteiger partial charge in [-0.25, -0.2) is 17.8 Å². The predicted octanol–water partition coefficient (Wildman–Crippen LogP) is 1.66. The molecule has 8 heteroatoms. The first-order valence-corrected chi connectivity index (χ1v) is 8.52. The summed E-state index contributed by atoms with van der Waals surface area (Å²) in [6.45, 7) is 0. The number of benzene rings is 1. The van der Waals surface area contributed by atoms with E-state index < -0.39 is 20.8 Å². The molecular formula is C11H9BrN2O3S2. The summed E-state index contributed by atoms with van der Waals surface area (Å²) in [5.41, 5.74) is 0. The Morgan fingerprint density at radius 3 is 2.37 bits per heavy atom. The smallest absolute Gasteiger partial charge is 0.240 e. The molecule has 0 spiro atoms. The van der Waals surface area contributed by atoms with Crippen LogP contribution in [-0.2, 0) is 20.8 Å². The zero-order valence-electron chi connectivity index (χ0n) is 9.49. The largest absolute Gasteiger partial charge is 0.263 e. The van der Waals surface area contributed by atoms with Gasteiger partial charge in [0, 0.05) is 21.8 Å². The molecule has 5 nitrogen and oxygen atoms in total. The number of aromatic nitrogens is 1. The molecule has 0 fully saturated rings. The molecule has 1 aromatic carbocycles. The monoisotopic (exact) mass is 360 g/mol. The lowest BCUT2D eigenvalue weighted by atomic mass is 10.4.